The summed E-state index contributed by atoms with van der Waals surface area (Å²) in [7, 11) is -3.37. The maximum Gasteiger partial charge on any atom is 0.416 e. The number of rotatable bonds is 10. The first-order chi connectivity index (χ1) is 19.4. The number of aliphatic hydroxyl groups is 2. The number of aliphatic hydroxyl groups excluding tert-OH is 2. The van der Waals surface area contributed by atoms with E-state index in [9.17, 15) is 36.6 Å². The smallest absolute Gasteiger partial charge is 0.416 e. The predicted molar refractivity (Wildman–Crippen MR) is 147 cm³/mol. The van der Waals surface area contributed by atoms with Crippen molar-refractivity contribution in [2.75, 3.05) is 30.4 Å². The molecule has 12 heteroatoms. The van der Waals surface area contributed by atoms with Crippen molar-refractivity contribution in [2.24, 2.45) is 0 Å². The zero-order valence-corrected chi connectivity index (χ0v) is 23.0. The van der Waals surface area contributed by atoms with Gasteiger partial charge in [-0.3, -0.25) is 4.79 Å². The standard InChI is InChI=1S/C29H31F3N2O6S/c1-2-41(38,39)26-13-5-19(6-14-26)27(18-36)33-28(37)20-3-9-22(10-4-20)34-16-25(15-23(34)17-35)40-24-11-7-21(8-12-24)29(30,31)32/h3-14,23,25,27,35-36H,2,15-18H2,1H3,(H,33,37)/t23-,25+,27?/m0/s1. The number of halogens is 3. The van der Waals surface area contributed by atoms with Crippen molar-refractivity contribution < 1.29 is 41.3 Å². The normalized spacial score (nSPS) is 18.2. The summed E-state index contributed by atoms with van der Waals surface area (Å²) in [6.45, 7) is 1.38. The van der Waals surface area contributed by atoms with Gasteiger partial charge in [0.05, 0.1) is 48.1 Å². The van der Waals surface area contributed by atoms with Crippen molar-refractivity contribution >= 4 is 21.4 Å². The summed E-state index contributed by atoms with van der Waals surface area (Å²) >= 11 is 0. The number of sulfone groups is 1. The lowest BCUT2D eigenvalue weighted by Crippen LogP contribution is -2.33. The van der Waals surface area contributed by atoms with Crippen LogP contribution in [-0.2, 0) is 16.0 Å². The number of carbonyl (C=O) groups is 1. The molecule has 8 nitrogen and oxygen atoms in total. The molecule has 1 aliphatic rings. The van der Waals surface area contributed by atoms with Crippen molar-refractivity contribution in [1.82, 2.24) is 5.32 Å². The van der Waals surface area contributed by atoms with Gasteiger partial charge in [-0.2, -0.15) is 13.2 Å². The predicted octanol–water partition coefficient (Wildman–Crippen LogP) is 3.98. The van der Waals surface area contributed by atoms with Crippen LogP contribution in [0.15, 0.2) is 77.7 Å². The first-order valence-corrected chi connectivity index (χ1v) is 14.7. The van der Waals surface area contributed by atoms with Crippen LogP contribution in [0.1, 0.15) is 40.9 Å². The molecule has 0 radical (unpaired) electrons. The van der Waals surface area contributed by atoms with Crippen LogP contribution in [0.25, 0.3) is 0 Å². The summed E-state index contributed by atoms with van der Waals surface area (Å²) in [5.41, 5.74) is 0.843. The summed E-state index contributed by atoms with van der Waals surface area (Å²) in [6.07, 6.45) is -4.34. The van der Waals surface area contributed by atoms with Gasteiger partial charge in [-0.05, 0) is 66.2 Å². The Bertz CT molecular complexity index is 1430. The number of benzene rings is 3. The number of hydrogen-bond donors (Lipinski definition) is 3. The van der Waals surface area contributed by atoms with Crippen LogP contribution in [-0.4, -0.2) is 62.2 Å². The van der Waals surface area contributed by atoms with Crippen molar-refractivity contribution in [3.8, 4) is 5.75 Å². The summed E-state index contributed by atoms with van der Waals surface area (Å²) in [5.74, 6) is -0.177. The highest BCUT2D eigenvalue weighted by Crippen LogP contribution is 2.32. The number of nitrogens with zero attached hydrogens (tertiary/aromatic N) is 1. The van der Waals surface area contributed by atoms with Crippen molar-refractivity contribution in [2.45, 2.75) is 42.6 Å². The molecule has 3 atom stereocenters. The topological polar surface area (TPSA) is 116 Å². The average molecular weight is 593 g/mol. The molecular formula is C29H31F3N2O6S. The average Bonchev–Trinajstić information content (AvgIpc) is 3.38. The van der Waals surface area contributed by atoms with E-state index in [0.717, 1.165) is 17.8 Å². The Morgan fingerprint density at radius 1 is 1.02 bits per heavy atom. The van der Waals surface area contributed by atoms with Gasteiger partial charge < -0.3 is 25.2 Å². The van der Waals surface area contributed by atoms with Crippen molar-refractivity contribution in [1.29, 1.82) is 0 Å². The number of alkyl halides is 3. The fourth-order valence-electron chi connectivity index (χ4n) is 4.72. The SMILES string of the molecule is CCS(=O)(=O)c1ccc(C(CO)NC(=O)c2ccc(N3C[C@H](Oc4ccc(C(F)(F)F)cc4)C[C@H]3CO)cc2)cc1. The molecule has 4 rings (SSSR count). The second kappa shape index (κ2) is 12.5. The molecule has 0 saturated carbocycles. The molecule has 1 unspecified atom stereocenters. The van der Waals surface area contributed by atoms with Gasteiger partial charge in [-0.15, -0.1) is 0 Å². The highest BCUT2D eigenvalue weighted by atomic mass is 32.2. The van der Waals surface area contributed by atoms with E-state index in [4.69, 9.17) is 4.74 Å². The van der Waals surface area contributed by atoms with Crippen LogP contribution >= 0.6 is 0 Å². The molecule has 1 amide bonds. The summed E-state index contributed by atoms with van der Waals surface area (Å²) in [6, 6.07) is 16.1. The summed E-state index contributed by atoms with van der Waals surface area (Å²) in [5, 5.41) is 22.5. The van der Waals surface area contributed by atoms with E-state index in [1.807, 2.05) is 4.90 Å². The lowest BCUT2D eigenvalue weighted by atomic mass is 10.1. The van der Waals surface area contributed by atoms with Crippen LogP contribution in [0, 0.1) is 0 Å². The van der Waals surface area contributed by atoms with Gasteiger partial charge in [0, 0.05) is 17.7 Å². The Kier molecular flexibility index (Phi) is 9.25. The summed E-state index contributed by atoms with van der Waals surface area (Å²) in [4.78, 5) is 15.0. The number of ether oxygens (including phenoxy) is 1. The Balaban J connectivity index is 1.39. The van der Waals surface area contributed by atoms with E-state index in [-0.39, 0.29) is 29.4 Å². The largest absolute Gasteiger partial charge is 0.489 e. The molecule has 0 spiro atoms. The zero-order valence-electron chi connectivity index (χ0n) is 22.2. The lowest BCUT2D eigenvalue weighted by molar-refractivity contribution is -0.137. The number of anilines is 1. The molecule has 1 saturated heterocycles. The van der Waals surface area contributed by atoms with E-state index in [1.54, 1.807) is 43.3 Å². The Morgan fingerprint density at radius 2 is 1.66 bits per heavy atom. The third-order valence-corrected chi connectivity index (χ3v) is 8.79. The zero-order chi connectivity index (χ0) is 29.8. The number of carbonyl (C=O) groups excluding carboxylic acids is 1. The molecule has 1 heterocycles. The Hall–Kier alpha value is -3.61. The van der Waals surface area contributed by atoms with E-state index < -0.39 is 40.1 Å². The van der Waals surface area contributed by atoms with Crippen LogP contribution < -0.4 is 15.0 Å². The van der Waals surface area contributed by atoms with Gasteiger partial charge >= 0.3 is 6.18 Å². The summed E-state index contributed by atoms with van der Waals surface area (Å²) < 4.78 is 68.4. The molecule has 1 fully saturated rings. The van der Waals surface area contributed by atoms with Gasteiger partial charge in [-0.25, -0.2) is 8.42 Å². The molecule has 1 aliphatic heterocycles. The molecule has 3 N–H and O–H groups in total. The van der Waals surface area contributed by atoms with Gasteiger partial charge in [0.15, 0.2) is 9.84 Å². The monoisotopic (exact) mass is 592 g/mol. The second-order valence-corrected chi connectivity index (χ2v) is 12.0. The highest BCUT2D eigenvalue weighted by molar-refractivity contribution is 7.91. The third kappa shape index (κ3) is 7.19. The van der Waals surface area contributed by atoms with Crippen molar-refractivity contribution in [3.05, 3.63) is 89.5 Å². The van der Waals surface area contributed by atoms with Crippen LogP contribution in [0.3, 0.4) is 0 Å². The maximum atomic E-state index is 12.9. The minimum absolute atomic E-state index is 0.0359. The first-order valence-electron chi connectivity index (χ1n) is 13.0. The fourth-order valence-corrected chi connectivity index (χ4v) is 5.60. The minimum Gasteiger partial charge on any atom is -0.489 e. The maximum absolute atomic E-state index is 12.9. The van der Waals surface area contributed by atoms with Crippen LogP contribution in [0.5, 0.6) is 5.75 Å². The molecule has 0 bridgehead atoms. The van der Waals surface area contributed by atoms with Crippen molar-refractivity contribution in [3.63, 3.8) is 0 Å². The van der Waals surface area contributed by atoms with E-state index in [0.29, 0.717) is 29.8 Å². The molecule has 0 aliphatic carbocycles. The number of amides is 1. The molecule has 41 heavy (non-hydrogen) atoms. The third-order valence-electron chi connectivity index (χ3n) is 7.04. The van der Waals surface area contributed by atoms with Crippen LogP contribution in [0.4, 0.5) is 18.9 Å². The molecule has 0 aromatic heterocycles. The Morgan fingerprint density at radius 3 is 2.20 bits per heavy atom. The first kappa shape index (κ1) is 30.4. The van der Waals surface area contributed by atoms with E-state index >= 15 is 0 Å². The highest BCUT2D eigenvalue weighted by Gasteiger charge is 2.34. The molecular weight excluding hydrogens is 561 g/mol. The Labute approximate surface area is 236 Å². The van der Waals surface area contributed by atoms with Gasteiger partial charge in [0.25, 0.3) is 5.91 Å². The molecule has 220 valence electrons. The van der Waals surface area contributed by atoms with Gasteiger partial charge in [-0.1, -0.05) is 19.1 Å². The second-order valence-electron chi connectivity index (χ2n) is 9.71. The van der Waals surface area contributed by atoms with Gasteiger partial charge in [0.1, 0.15) is 11.9 Å². The molecule has 3 aromatic rings. The number of hydrogen-bond acceptors (Lipinski definition) is 7. The van der Waals surface area contributed by atoms with Crippen LogP contribution in [0.2, 0.25) is 0 Å². The van der Waals surface area contributed by atoms with E-state index in [1.165, 1.54) is 24.3 Å². The minimum atomic E-state index is -4.43. The number of nitrogens with one attached hydrogen (secondary N) is 1. The quantitative estimate of drug-likeness (QED) is 0.326. The lowest BCUT2D eigenvalue weighted by Gasteiger charge is -2.25. The van der Waals surface area contributed by atoms with Gasteiger partial charge in [0.2, 0.25) is 0 Å². The molecule has 3 aromatic carbocycles. The van der Waals surface area contributed by atoms with E-state index in [2.05, 4.69) is 5.32 Å². The fraction of sp³-hybridized carbons (Fsp3) is 0.345.